The smallest absolute Gasteiger partial charge is 0.320 e. The fourth-order valence-electron chi connectivity index (χ4n) is 4.26. The SMILES string of the molecule is O=C(Nc1cn[nH]c1)N1CCC[C@@H]1[C@@H]1CCCN1Cc1ccccc1. The standard InChI is InChI=1S/C19H25N5O/c25-19(22-16-12-20-21-13-16)24-11-5-9-18(24)17-8-4-10-23(17)14-15-6-2-1-3-7-15/h1-3,6-7,12-13,17-18H,4-5,8-11,14H2,(H,20,21)(H,22,25)/t17-,18+/m0/s1. The van der Waals surface area contributed by atoms with Crippen molar-refractivity contribution in [3.8, 4) is 0 Å². The lowest BCUT2D eigenvalue weighted by atomic mass is 10.0. The second kappa shape index (κ2) is 7.27. The Kier molecular flexibility index (Phi) is 4.70. The van der Waals surface area contributed by atoms with Crippen LogP contribution >= 0.6 is 0 Å². The molecule has 0 bridgehead atoms. The van der Waals surface area contributed by atoms with Crippen LogP contribution in [0.1, 0.15) is 31.2 Å². The van der Waals surface area contributed by atoms with Gasteiger partial charge >= 0.3 is 6.03 Å². The molecule has 3 heterocycles. The maximum absolute atomic E-state index is 12.7. The van der Waals surface area contributed by atoms with Gasteiger partial charge in [0.25, 0.3) is 0 Å². The summed E-state index contributed by atoms with van der Waals surface area (Å²) in [7, 11) is 0. The summed E-state index contributed by atoms with van der Waals surface area (Å²) in [5.74, 6) is 0. The van der Waals surface area contributed by atoms with Crippen molar-refractivity contribution in [2.45, 2.75) is 44.3 Å². The first-order valence-electron chi connectivity index (χ1n) is 9.15. The number of aromatic nitrogens is 2. The minimum atomic E-state index is -0.00420. The number of amides is 2. The van der Waals surface area contributed by atoms with Crippen LogP contribution in [0.4, 0.5) is 10.5 Å². The van der Waals surface area contributed by atoms with E-state index in [4.69, 9.17) is 0 Å². The Balaban J connectivity index is 1.44. The maximum Gasteiger partial charge on any atom is 0.322 e. The van der Waals surface area contributed by atoms with Crippen molar-refractivity contribution in [2.24, 2.45) is 0 Å². The highest BCUT2D eigenvalue weighted by Gasteiger charge is 2.39. The quantitative estimate of drug-likeness (QED) is 0.900. The van der Waals surface area contributed by atoms with Crippen molar-refractivity contribution in [1.29, 1.82) is 0 Å². The number of anilines is 1. The lowest BCUT2D eigenvalue weighted by molar-refractivity contribution is 0.142. The van der Waals surface area contributed by atoms with Crippen LogP contribution in [0.2, 0.25) is 0 Å². The molecule has 2 aromatic rings. The van der Waals surface area contributed by atoms with Gasteiger partial charge in [0.05, 0.1) is 11.9 Å². The third kappa shape index (κ3) is 3.54. The van der Waals surface area contributed by atoms with Crippen molar-refractivity contribution in [2.75, 3.05) is 18.4 Å². The summed E-state index contributed by atoms with van der Waals surface area (Å²) < 4.78 is 0. The maximum atomic E-state index is 12.7. The van der Waals surface area contributed by atoms with Crippen molar-refractivity contribution in [1.82, 2.24) is 20.0 Å². The molecular formula is C19H25N5O. The number of hydrogen-bond acceptors (Lipinski definition) is 3. The summed E-state index contributed by atoms with van der Waals surface area (Å²) in [6.07, 6.45) is 7.91. The van der Waals surface area contributed by atoms with Crippen molar-refractivity contribution >= 4 is 11.7 Å². The molecule has 2 amide bonds. The Morgan fingerprint density at radius 1 is 1.16 bits per heavy atom. The number of rotatable bonds is 4. The highest BCUT2D eigenvalue weighted by molar-refractivity contribution is 5.89. The molecule has 2 fully saturated rings. The van der Waals surface area contributed by atoms with E-state index < -0.39 is 0 Å². The Hall–Kier alpha value is -2.34. The average molecular weight is 339 g/mol. The molecule has 6 nitrogen and oxygen atoms in total. The second-order valence-electron chi connectivity index (χ2n) is 6.99. The number of carbonyl (C=O) groups is 1. The van der Waals surface area contributed by atoms with Gasteiger partial charge in [0.15, 0.2) is 0 Å². The fourth-order valence-corrected chi connectivity index (χ4v) is 4.26. The molecule has 0 radical (unpaired) electrons. The van der Waals surface area contributed by atoms with E-state index in [9.17, 15) is 4.79 Å². The largest absolute Gasteiger partial charge is 0.322 e. The van der Waals surface area contributed by atoms with Gasteiger partial charge in [0, 0.05) is 31.4 Å². The van der Waals surface area contributed by atoms with E-state index in [0.29, 0.717) is 12.1 Å². The lowest BCUT2D eigenvalue weighted by Crippen LogP contribution is -2.49. The Morgan fingerprint density at radius 2 is 1.96 bits per heavy atom. The van der Waals surface area contributed by atoms with E-state index in [2.05, 4.69) is 50.7 Å². The molecule has 2 aliphatic heterocycles. The van der Waals surface area contributed by atoms with Crippen molar-refractivity contribution < 1.29 is 4.79 Å². The summed E-state index contributed by atoms with van der Waals surface area (Å²) in [4.78, 5) is 17.3. The molecule has 0 unspecified atom stereocenters. The number of nitrogens with zero attached hydrogens (tertiary/aromatic N) is 3. The first-order valence-corrected chi connectivity index (χ1v) is 9.15. The van der Waals surface area contributed by atoms with E-state index >= 15 is 0 Å². The van der Waals surface area contributed by atoms with Crippen LogP contribution in [0.15, 0.2) is 42.7 Å². The predicted molar refractivity (Wildman–Crippen MR) is 97.2 cm³/mol. The van der Waals surface area contributed by atoms with Crippen LogP contribution in [0, 0.1) is 0 Å². The Morgan fingerprint density at radius 3 is 2.76 bits per heavy atom. The molecule has 2 aliphatic rings. The molecule has 1 aromatic carbocycles. The zero-order valence-corrected chi connectivity index (χ0v) is 14.4. The van der Waals surface area contributed by atoms with E-state index in [0.717, 1.165) is 38.2 Å². The van der Waals surface area contributed by atoms with Gasteiger partial charge in [0.1, 0.15) is 0 Å². The van der Waals surface area contributed by atoms with E-state index in [1.165, 1.54) is 18.4 Å². The zero-order valence-electron chi connectivity index (χ0n) is 14.4. The summed E-state index contributed by atoms with van der Waals surface area (Å²) in [6, 6.07) is 11.4. The van der Waals surface area contributed by atoms with Crippen LogP contribution in [0.25, 0.3) is 0 Å². The molecule has 25 heavy (non-hydrogen) atoms. The molecule has 2 saturated heterocycles. The van der Waals surface area contributed by atoms with Gasteiger partial charge in [-0.1, -0.05) is 30.3 Å². The normalized spacial score (nSPS) is 23.9. The second-order valence-corrected chi connectivity index (χ2v) is 6.99. The van der Waals surface area contributed by atoms with Gasteiger partial charge < -0.3 is 10.2 Å². The molecule has 0 spiro atoms. The summed E-state index contributed by atoms with van der Waals surface area (Å²) in [5.41, 5.74) is 2.07. The van der Waals surface area contributed by atoms with Crippen molar-refractivity contribution in [3.63, 3.8) is 0 Å². The van der Waals surface area contributed by atoms with Gasteiger partial charge in [-0.05, 0) is 37.8 Å². The molecule has 0 saturated carbocycles. The molecule has 0 aliphatic carbocycles. The number of hydrogen-bond donors (Lipinski definition) is 2. The van der Waals surface area contributed by atoms with Crippen molar-refractivity contribution in [3.05, 3.63) is 48.3 Å². The zero-order chi connectivity index (χ0) is 17.1. The average Bonchev–Trinajstić information content (AvgIpc) is 3.36. The third-order valence-corrected chi connectivity index (χ3v) is 5.40. The lowest BCUT2D eigenvalue weighted by Gasteiger charge is -2.35. The summed E-state index contributed by atoms with van der Waals surface area (Å²) in [6.45, 7) is 2.93. The minimum Gasteiger partial charge on any atom is -0.320 e. The molecule has 1 aromatic heterocycles. The van der Waals surface area contributed by atoms with Gasteiger partial charge in [-0.15, -0.1) is 0 Å². The monoisotopic (exact) mass is 339 g/mol. The first-order chi connectivity index (χ1) is 12.3. The molecular weight excluding hydrogens is 314 g/mol. The van der Waals surface area contributed by atoms with Crippen LogP contribution in [-0.2, 0) is 6.54 Å². The Bertz CT molecular complexity index is 687. The highest BCUT2D eigenvalue weighted by Crippen LogP contribution is 2.31. The van der Waals surface area contributed by atoms with E-state index in [-0.39, 0.29) is 6.03 Å². The first kappa shape index (κ1) is 16.1. The number of H-pyrrole nitrogens is 1. The van der Waals surface area contributed by atoms with Gasteiger partial charge in [0.2, 0.25) is 0 Å². The van der Waals surface area contributed by atoms with Crippen LogP contribution in [0.5, 0.6) is 0 Å². The fraction of sp³-hybridized carbons (Fsp3) is 0.474. The molecule has 6 heteroatoms. The number of benzene rings is 1. The van der Waals surface area contributed by atoms with E-state index in [1.54, 1.807) is 12.4 Å². The van der Waals surface area contributed by atoms with Gasteiger partial charge in [-0.2, -0.15) is 5.10 Å². The highest BCUT2D eigenvalue weighted by atomic mass is 16.2. The Labute approximate surface area is 148 Å². The van der Waals surface area contributed by atoms with Crippen LogP contribution in [-0.4, -0.2) is 51.2 Å². The molecule has 2 N–H and O–H groups in total. The molecule has 4 rings (SSSR count). The number of urea groups is 1. The number of nitrogens with one attached hydrogen (secondary N) is 2. The van der Waals surface area contributed by atoms with E-state index in [1.807, 2.05) is 4.90 Å². The number of aromatic amines is 1. The van der Waals surface area contributed by atoms with Crippen LogP contribution < -0.4 is 5.32 Å². The molecule has 2 atom stereocenters. The minimum absolute atomic E-state index is 0.00420. The van der Waals surface area contributed by atoms with Crippen LogP contribution in [0.3, 0.4) is 0 Å². The summed E-state index contributed by atoms with van der Waals surface area (Å²) in [5, 5.41) is 9.58. The molecule has 132 valence electrons. The summed E-state index contributed by atoms with van der Waals surface area (Å²) >= 11 is 0. The third-order valence-electron chi connectivity index (χ3n) is 5.40. The van der Waals surface area contributed by atoms with Gasteiger partial charge in [-0.3, -0.25) is 10.00 Å². The number of carbonyl (C=O) groups excluding carboxylic acids is 1. The topological polar surface area (TPSA) is 64.3 Å². The number of likely N-dealkylation sites (tertiary alicyclic amines) is 2. The predicted octanol–water partition coefficient (Wildman–Crippen LogP) is 3.07. The van der Waals surface area contributed by atoms with Gasteiger partial charge in [-0.25, -0.2) is 4.79 Å².